The van der Waals surface area contributed by atoms with Gasteiger partial charge in [-0.1, -0.05) is 43.7 Å². The summed E-state index contributed by atoms with van der Waals surface area (Å²) in [4.78, 5) is 12.3. The summed E-state index contributed by atoms with van der Waals surface area (Å²) < 4.78 is 24.9. The number of benzene rings is 1. The molecule has 0 spiro atoms. The molecule has 0 aliphatic heterocycles. The van der Waals surface area contributed by atoms with Gasteiger partial charge in [0.25, 0.3) is 0 Å². The molecule has 0 fully saturated rings. The van der Waals surface area contributed by atoms with E-state index in [0.717, 1.165) is 19.1 Å². The first-order valence-electron chi connectivity index (χ1n) is 6.45. The summed E-state index contributed by atoms with van der Waals surface area (Å²) in [6.45, 7) is 2.74. The fourth-order valence-corrected chi connectivity index (χ4v) is 2.09. The van der Waals surface area contributed by atoms with E-state index < -0.39 is 10.0 Å². The van der Waals surface area contributed by atoms with Crippen LogP contribution >= 0.6 is 0 Å². The average molecular weight is 296 g/mol. The lowest BCUT2D eigenvalue weighted by Gasteiger charge is -2.09. The number of allylic oxidation sites excluding steroid dienone is 1. The second-order valence-corrected chi connectivity index (χ2v) is 6.18. The first kappa shape index (κ1) is 16.2. The molecule has 0 aliphatic rings. The van der Waals surface area contributed by atoms with Crippen LogP contribution in [0, 0.1) is 0 Å². The number of hydrogen-bond donors (Lipinski definition) is 2. The van der Waals surface area contributed by atoms with Gasteiger partial charge in [-0.2, -0.15) is 0 Å². The van der Waals surface area contributed by atoms with Gasteiger partial charge in [-0.15, -0.1) is 0 Å². The Morgan fingerprint density at radius 3 is 2.45 bits per heavy atom. The number of carbonyl (C=O) groups excluding carboxylic acids is 1. The molecule has 110 valence electrons. The standard InChI is InChI=1S/C14H20N2O3S/c1-3-4-10-15-11-13(16-20(2,18)19)14(17)12-8-6-5-7-9-12/h5-9,11,15-16H,3-4,10H2,1-2H3/b13-11-. The van der Waals surface area contributed by atoms with E-state index in [1.807, 2.05) is 0 Å². The third kappa shape index (κ3) is 5.88. The molecule has 0 aromatic heterocycles. The van der Waals surface area contributed by atoms with Crippen LogP contribution in [-0.2, 0) is 10.0 Å². The monoisotopic (exact) mass is 296 g/mol. The maximum Gasteiger partial charge on any atom is 0.229 e. The molecule has 0 aliphatic carbocycles. The van der Waals surface area contributed by atoms with Gasteiger partial charge in [-0.3, -0.25) is 9.52 Å². The van der Waals surface area contributed by atoms with Crippen molar-refractivity contribution in [3.8, 4) is 0 Å². The Kier molecular flexibility index (Phi) is 6.24. The van der Waals surface area contributed by atoms with E-state index in [1.165, 1.54) is 6.20 Å². The fraction of sp³-hybridized carbons (Fsp3) is 0.357. The molecule has 0 heterocycles. The summed E-state index contributed by atoms with van der Waals surface area (Å²) in [5.41, 5.74) is 0.460. The second kappa shape index (κ2) is 7.69. The Morgan fingerprint density at radius 1 is 1.25 bits per heavy atom. The van der Waals surface area contributed by atoms with Crippen molar-refractivity contribution in [3.05, 3.63) is 47.8 Å². The number of nitrogens with one attached hydrogen (secondary N) is 2. The highest BCUT2D eigenvalue weighted by atomic mass is 32.2. The highest BCUT2D eigenvalue weighted by Crippen LogP contribution is 2.06. The van der Waals surface area contributed by atoms with E-state index in [-0.39, 0.29) is 11.5 Å². The summed E-state index contributed by atoms with van der Waals surface area (Å²) in [6.07, 6.45) is 4.40. The van der Waals surface area contributed by atoms with E-state index in [1.54, 1.807) is 30.3 Å². The minimum atomic E-state index is -3.50. The summed E-state index contributed by atoms with van der Waals surface area (Å²) >= 11 is 0. The molecule has 0 radical (unpaired) electrons. The fourth-order valence-electron chi connectivity index (χ4n) is 1.54. The van der Waals surface area contributed by atoms with Crippen LogP contribution in [0.1, 0.15) is 30.1 Å². The zero-order valence-corrected chi connectivity index (χ0v) is 12.5. The van der Waals surface area contributed by atoms with Crippen molar-refractivity contribution in [2.75, 3.05) is 12.8 Å². The normalized spacial score (nSPS) is 12.0. The number of hydrogen-bond acceptors (Lipinski definition) is 4. The molecule has 6 heteroatoms. The summed E-state index contributed by atoms with van der Waals surface area (Å²) in [5, 5.41) is 2.95. The number of ketones is 1. The molecule has 0 amide bonds. The summed E-state index contributed by atoms with van der Waals surface area (Å²) in [6, 6.07) is 8.55. The van der Waals surface area contributed by atoms with Crippen LogP contribution in [0.15, 0.2) is 42.2 Å². The van der Waals surface area contributed by atoms with E-state index in [4.69, 9.17) is 0 Å². The van der Waals surface area contributed by atoms with Gasteiger partial charge in [0.1, 0.15) is 5.70 Å². The number of Topliss-reactive ketones (excluding diaryl/α,β-unsaturated/α-hetero) is 1. The second-order valence-electron chi connectivity index (χ2n) is 4.44. The summed E-state index contributed by atoms with van der Waals surface area (Å²) in [7, 11) is -3.50. The average Bonchev–Trinajstić information content (AvgIpc) is 2.41. The van der Waals surface area contributed by atoms with Crippen molar-refractivity contribution in [3.63, 3.8) is 0 Å². The topological polar surface area (TPSA) is 75.3 Å². The SMILES string of the molecule is CCCCN/C=C(\NS(C)(=O)=O)C(=O)c1ccccc1. The molecule has 1 rings (SSSR count). The molecule has 1 aromatic carbocycles. The highest BCUT2D eigenvalue weighted by molar-refractivity contribution is 7.88. The van der Waals surface area contributed by atoms with Crippen molar-refractivity contribution < 1.29 is 13.2 Å². The Hall–Kier alpha value is -1.82. The minimum absolute atomic E-state index is 0.0230. The van der Waals surface area contributed by atoms with Gasteiger partial charge in [-0.05, 0) is 6.42 Å². The van der Waals surface area contributed by atoms with Crippen molar-refractivity contribution in [2.45, 2.75) is 19.8 Å². The first-order chi connectivity index (χ1) is 9.44. The predicted molar refractivity (Wildman–Crippen MR) is 79.7 cm³/mol. The van der Waals surface area contributed by atoms with Crippen LogP contribution < -0.4 is 10.0 Å². The smallest absolute Gasteiger partial charge is 0.229 e. The molecular weight excluding hydrogens is 276 g/mol. The van der Waals surface area contributed by atoms with Gasteiger partial charge in [0.05, 0.1) is 6.26 Å². The molecule has 0 unspecified atom stereocenters. The van der Waals surface area contributed by atoms with Crippen LogP contribution in [0.2, 0.25) is 0 Å². The lowest BCUT2D eigenvalue weighted by Crippen LogP contribution is -2.28. The molecule has 0 bridgehead atoms. The lowest BCUT2D eigenvalue weighted by atomic mass is 10.1. The van der Waals surface area contributed by atoms with Crippen molar-refractivity contribution >= 4 is 15.8 Å². The van der Waals surface area contributed by atoms with Gasteiger partial charge >= 0.3 is 0 Å². The van der Waals surface area contributed by atoms with Gasteiger partial charge in [-0.25, -0.2) is 8.42 Å². The van der Waals surface area contributed by atoms with Crippen LogP contribution in [0.5, 0.6) is 0 Å². The van der Waals surface area contributed by atoms with E-state index in [0.29, 0.717) is 12.1 Å². The number of rotatable bonds is 8. The van der Waals surface area contributed by atoms with Crippen molar-refractivity contribution in [1.29, 1.82) is 0 Å². The predicted octanol–water partition coefficient (Wildman–Crippen LogP) is 1.65. The Labute approximate surface area is 120 Å². The Morgan fingerprint density at radius 2 is 1.90 bits per heavy atom. The van der Waals surface area contributed by atoms with Crippen LogP contribution in [0.4, 0.5) is 0 Å². The molecule has 0 saturated carbocycles. The third-order valence-electron chi connectivity index (χ3n) is 2.50. The first-order valence-corrected chi connectivity index (χ1v) is 8.34. The van der Waals surface area contributed by atoms with Crippen LogP contribution in [0.3, 0.4) is 0 Å². The van der Waals surface area contributed by atoms with Gasteiger partial charge in [0, 0.05) is 18.3 Å². The van der Waals surface area contributed by atoms with Gasteiger partial charge in [0.15, 0.2) is 0 Å². The zero-order chi connectivity index (χ0) is 15.0. The molecule has 20 heavy (non-hydrogen) atoms. The van der Waals surface area contributed by atoms with Crippen molar-refractivity contribution in [2.24, 2.45) is 0 Å². The van der Waals surface area contributed by atoms with E-state index >= 15 is 0 Å². The molecule has 0 saturated heterocycles. The molecule has 2 N–H and O–H groups in total. The van der Waals surface area contributed by atoms with Gasteiger partial charge < -0.3 is 5.32 Å². The Bertz CT molecular complexity index is 565. The van der Waals surface area contributed by atoms with Crippen LogP contribution in [-0.4, -0.2) is 27.0 Å². The maximum absolute atomic E-state index is 12.3. The minimum Gasteiger partial charge on any atom is -0.389 e. The van der Waals surface area contributed by atoms with Gasteiger partial charge in [0.2, 0.25) is 15.8 Å². The van der Waals surface area contributed by atoms with E-state index in [2.05, 4.69) is 17.0 Å². The lowest BCUT2D eigenvalue weighted by molar-refractivity contribution is 0.102. The number of sulfonamides is 1. The highest BCUT2D eigenvalue weighted by Gasteiger charge is 2.15. The molecular formula is C14H20N2O3S. The largest absolute Gasteiger partial charge is 0.389 e. The molecule has 1 aromatic rings. The zero-order valence-electron chi connectivity index (χ0n) is 11.7. The number of unbranched alkanes of at least 4 members (excludes halogenated alkanes) is 1. The molecule has 5 nitrogen and oxygen atoms in total. The third-order valence-corrected chi connectivity index (χ3v) is 3.09. The number of carbonyl (C=O) groups is 1. The Balaban J connectivity index is 2.89. The maximum atomic E-state index is 12.3. The quantitative estimate of drug-likeness (QED) is 0.434. The molecule has 0 atom stereocenters. The summed E-state index contributed by atoms with van der Waals surface area (Å²) in [5.74, 6) is -0.361. The van der Waals surface area contributed by atoms with Crippen molar-refractivity contribution in [1.82, 2.24) is 10.0 Å². The van der Waals surface area contributed by atoms with E-state index in [9.17, 15) is 13.2 Å². The van der Waals surface area contributed by atoms with Crippen LogP contribution in [0.25, 0.3) is 0 Å².